The monoisotopic (exact) mass is 366 g/mol. The van der Waals surface area contributed by atoms with Gasteiger partial charge in [0.15, 0.2) is 0 Å². The molecule has 5 nitrogen and oxygen atoms in total. The van der Waals surface area contributed by atoms with Gasteiger partial charge in [0.1, 0.15) is 5.82 Å². The number of nitrogens with zero attached hydrogens (tertiary/aromatic N) is 1. The van der Waals surface area contributed by atoms with E-state index in [0.29, 0.717) is 10.4 Å². The van der Waals surface area contributed by atoms with Crippen molar-refractivity contribution in [1.29, 1.82) is 0 Å². The second kappa shape index (κ2) is 6.03. The van der Waals surface area contributed by atoms with Gasteiger partial charge in [0, 0.05) is 6.04 Å². The van der Waals surface area contributed by atoms with E-state index >= 15 is 0 Å². The number of sulfonamides is 1. The number of hydrogen-bond acceptors (Lipinski definition) is 4. The lowest BCUT2D eigenvalue weighted by molar-refractivity contribution is 0.599. The standard InChI is InChI=1S/C16H15FN2O3S2/c1-10(2)19-14-8-5-12(9-15(14)23-16(19)20)18-24(21,22)13-6-3-11(17)4-7-13/h3-10,18H,1-2H3. The van der Waals surface area contributed by atoms with E-state index in [-0.39, 0.29) is 15.8 Å². The molecule has 1 heterocycles. The molecule has 0 saturated heterocycles. The molecule has 0 aliphatic carbocycles. The number of thiazole rings is 1. The normalized spacial score (nSPS) is 12.0. The molecule has 0 radical (unpaired) electrons. The maximum atomic E-state index is 12.9. The summed E-state index contributed by atoms with van der Waals surface area (Å²) >= 11 is 1.07. The average Bonchev–Trinajstić information content (AvgIpc) is 2.82. The molecule has 1 aromatic heterocycles. The zero-order chi connectivity index (χ0) is 17.5. The molecule has 1 N–H and O–H groups in total. The minimum Gasteiger partial charge on any atom is -0.296 e. The SMILES string of the molecule is CC(C)n1c(=O)sc2cc(NS(=O)(=O)c3ccc(F)cc3)ccc21. The van der Waals surface area contributed by atoms with E-state index < -0.39 is 15.8 Å². The first-order valence-corrected chi connectivity index (χ1v) is 9.51. The second-order valence-electron chi connectivity index (χ2n) is 5.57. The number of aromatic nitrogens is 1. The van der Waals surface area contributed by atoms with Crippen LogP contribution in [-0.2, 0) is 10.0 Å². The van der Waals surface area contributed by atoms with Gasteiger partial charge in [0.25, 0.3) is 10.0 Å². The number of hydrogen-bond donors (Lipinski definition) is 1. The third-order valence-electron chi connectivity index (χ3n) is 3.51. The van der Waals surface area contributed by atoms with Crippen molar-refractivity contribution in [3.63, 3.8) is 0 Å². The maximum absolute atomic E-state index is 12.9. The molecule has 126 valence electrons. The first-order valence-electron chi connectivity index (χ1n) is 7.21. The van der Waals surface area contributed by atoms with Crippen molar-refractivity contribution in [3.8, 4) is 0 Å². The fourth-order valence-electron chi connectivity index (χ4n) is 2.42. The van der Waals surface area contributed by atoms with Crippen LogP contribution in [0.3, 0.4) is 0 Å². The van der Waals surface area contributed by atoms with Crippen molar-refractivity contribution in [3.05, 3.63) is 57.9 Å². The third-order valence-corrected chi connectivity index (χ3v) is 5.82. The van der Waals surface area contributed by atoms with Crippen LogP contribution in [0.1, 0.15) is 19.9 Å². The average molecular weight is 366 g/mol. The van der Waals surface area contributed by atoms with E-state index in [0.717, 1.165) is 29.0 Å². The Labute approximate surface area is 142 Å². The van der Waals surface area contributed by atoms with Gasteiger partial charge in [-0.25, -0.2) is 12.8 Å². The van der Waals surface area contributed by atoms with Crippen molar-refractivity contribution < 1.29 is 12.8 Å². The Kier molecular flexibility index (Phi) is 4.18. The lowest BCUT2D eigenvalue weighted by atomic mass is 10.3. The molecule has 0 atom stereocenters. The molecule has 2 aromatic carbocycles. The highest BCUT2D eigenvalue weighted by Crippen LogP contribution is 2.25. The first kappa shape index (κ1) is 16.7. The second-order valence-corrected chi connectivity index (χ2v) is 8.25. The number of fused-ring (bicyclic) bond motifs is 1. The zero-order valence-electron chi connectivity index (χ0n) is 13.0. The number of halogens is 1. The maximum Gasteiger partial charge on any atom is 0.308 e. The fourth-order valence-corrected chi connectivity index (χ4v) is 4.52. The van der Waals surface area contributed by atoms with Crippen molar-refractivity contribution in [2.24, 2.45) is 0 Å². The molecule has 0 fully saturated rings. The van der Waals surface area contributed by atoms with Crippen LogP contribution in [0.2, 0.25) is 0 Å². The molecular weight excluding hydrogens is 351 g/mol. The van der Waals surface area contributed by atoms with Gasteiger partial charge in [-0.2, -0.15) is 0 Å². The summed E-state index contributed by atoms with van der Waals surface area (Å²) in [7, 11) is -3.82. The van der Waals surface area contributed by atoms with Crippen molar-refractivity contribution in [2.75, 3.05) is 4.72 Å². The van der Waals surface area contributed by atoms with Gasteiger partial charge in [-0.15, -0.1) is 0 Å². The van der Waals surface area contributed by atoms with Gasteiger partial charge in [-0.05, 0) is 56.3 Å². The number of rotatable bonds is 4. The van der Waals surface area contributed by atoms with E-state index in [1.165, 1.54) is 12.1 Å². The van der Waals surface area contributed by atoms with Crippen molar-refractivity contribution in [1.82, 2.24) is 4.57 Å². The van der Waals surface area contributed by atoms with Crippen LogP contribution < -0.4 is 9.60 Å². The highest BCUT2D eigenvalue weighted by Gasteiger charge is 2.16. The van der Waals surface area contributed by atoms with Crippen LogP contribution in [0.25, 0.3) is 10.2 Å². The first-order chi connectivity index (χ1) is 11.3. The molecule has 0 aliphatic heterocycles. The van der Waals surface area contributed by atoms with Crippen molar-refractivity contribution in [2.45, 2.75) is 24.8 Å². The van der Waals surface area contributed by atoms with Crippen molar-refractivity contribution >= 4 is 37.3 Å². The smallest absolute Gasteiger partial charge is 0.296 e. The number of benzene rings is 2. The molecule has 0 spiro atoms. The van der Waals surface area contributed by atoms with E-state index in [4.69, 9.17) is 0 Å². The molecule has 0 unspecified atom stereocenters. The molecule has 8 heteroatoms. The van der Waals surface area contributed by atoms with Gasteiger partial charge in [-0.3, -0.25) is 14.1 Å². The summed E-state index contributed by atoms with van der Waals surface area (Å²) in [5.74, 6) is -0.504. The van der Waals surface area contributed by atoms with Crippen LogP contribution in [0, 0.1) is 5.82 Å². The lowest BCUT2D eigenvalue weighted by Crippen LogP contribution is -2.14. The Morgan fingerprint density at radius 1 is 1.12 bits per heavy atom. The number of anilines is 1. The molecule has 3 aromatic rings. The zero-order valence-corrected chi connectivity index (χ0v) is 14.6. The molecule has 0 aliphatic rings. The minimum absolute atomic E-state index is 0.0213. The Balaban J connectivity index is 1.98. The third kappa shape index (κ3) is 3.07. The van der Waals surface area contributed by atoms with Gasteiger partial charge in [-0.1, -0.05) is 11.3 Å². The quantitative estimate of drug-likeness (QED) is 0.767. The van der Waals surface area contributed by atoms with Gasteiger partial charge in [0.2, 0.25) is 0 Å². The van der Waals surface area contributed by atoms with Gasteiger partial charge < -0.3 is 0 Å². The van der Waals surface area contributed by atoms with Gasteiger partial charge >= 0.3 is 4.87 Å². The summed E-state index contributed by atoms with van der Waals surface area (Å²) in [5.41, 5.74) is 1.12. The Bertz CT molecular complexity index is 1050. The van der Waals surface area contributed by atoms with Crippen LogP contribution in [0.5, 0.6) is 0 Å². The predicted molar refractivity (Wildman–Crippen MR) is 93.7 cm³/mol. The predicted octanol–water partition coefficient (Wildman–Crippen LogP) is 3.58. The molecule has 24 heavy (non-hydrogen) atoms. The Morgan fingerprint density at radius 2 is 1.79 bits per heavy atom. The van der Waals surface area contributed by atoms with Crippen LogP contribution in [0.15, 0.2) is 52.2 Å². The molecule has 0 amide bonds. The Morgan fingerprint density at radius 3 is 2.42 bits per heavy atom. The summed E-state index contributed by atoms with van der Waals surface area (Å²) in [5, 5.41) is 0. The van der Waals surface area contributed by atoms with E-state index in [9.17, 15) is 17.6 Å². The van der Waals surface area contributed by atoms with E-state index in [1.807, 2.05) is 13.8 Å². The molecule has 0 saturated carbocycles. The summed E-state index contributed by atoms with van der Waals surface area (Å²) in [6, 6.07) is 9.55. The van der Waals surface area contributed by atoms with Gasteiger partial charge in [0.05, 0.1) is 20.8 Å². The van der Waals surface area contributed by atoms with Crippen LogP contribution in [0.4, 0.5) is 10.1 Å². The topological polar surface area (TPSA) is 68.2 Å². The molecular formula is C16H15FN2O3S2. The summed E-state index contributed by atoms with van der Waals surface area (Å²) < 4.78 is 42.4. The highest BCUT2D eigenvalue weighted by atomic mass is 32.2. The fraction of sp³-hybridized carbons (Fsp3) is 0.188. The Hall–Kier alpha value is -2.19. The van der Waals surface area contributed by atoms with E-state index in [2.05, 4.69) is 4.72 Å². The summed E-state index contributed by atoms with van der Waals surface area (Å²) in [6.07, 6.45) is 0. The summed E-state index contributed by atoms with van der Waals surface area (Å²) in [6.45, 7) is 3.83. The molecule has 3 rings (SSSR count). The highest BCUT2D eigenvalue weighted by molar-refractivity contribution is 7.92. The van der Waals surface area contributed by atoms with E-state index in [1.54, 1.807) is 22.8 Å². The lowest BCUT2D eigenvalue weighted by Gasteiger charge is -2.10. The number of nitrogens with one attached hydrogen (secondary N) is 1. The summed E-state index contributed by atoms with van der Waals surface area (Å²) in [4.78, 5) is 11.9. The van der Waals surface area contributed by atoms with Crippen LogP contribution >= 0.6 is 11.3 Å². The molecule has 0 bridgehead atoms. The largest absolute Gasteiger partial charge is 0.308 e. The van der Waals surface area contributed by atoms with Crippen LogP contribution in [-0.4, -0.2) is 13.0 Å². The minimum atomic E-state index is -3.82.